The van der Waals surface area contributed by atoms with Gasteiger partial charge in [0.2, 0.25) is 5.78 Å². The molecule has 2 rings (SSSR count). The minimum absolute atomic E-state index is 0.219. The van der Waals surface area contributed by atoms with Crippen LogP contribution in [0.2, 0.25) is 0 Å². The third-order valence-corrected chi connectivity index (χ3v) is 2.95. The molecule has 0 amide bonds. The second kappa shape index (κ2) is 5.18. The van der Waals surface area contributed by atoms with Gasteiger partial charge in [0.25, 0.3) is 0 Å². The van der Waals surface area contributed by atoms with Crippen LogP contribution in [0.1, 0.15) is 27.2 Å². The molecule has 4 heteroatoms. The molecule has 3 nitrogen and oxygen atoms in total. The third-order valence-electron chi connectivity index (χ3n) is 2.95. The summed E-state index contributed by atoms with van der Waals surface area (Å²) in [4.78, 5) is 16.1. The summed E-state index contributed by atoms with van der Waals surface area (Å²) in [6.07, 6.45) is 1.04. The quantitative estimate of drug-likeness (QED) is 0.795. The first-order chi connectivity index (χ1) is 9.02. The van der Waals surface area contributed by atoms with E-state index in [-0.39, 0.29) is 11.5 Å². The molecule has 0 aliphatic heterocycles. The van der Waals surface area contributed by atoms with Crippen LogP contribution in [0.25, 0.3) is 0 Å². The van der Waals surface area contributed by atoms with E-state index in [4.69, 9.17) is 4.74 Å². The fourth-order valence-electron chi connectivity index (χ4n) is 1.90. The van der Waals surface area contributed by atoms with E-state index in [1.807, 2.05) is 19.9 Å². The SMILES string of the molecule is COc1cc(C)c(C(=O)c2ccc(F)cn2)cc1C. The van der Waals surface area contributed by atoms with Crippen molar-refractivity contribution in [3.05, 3.63) is 58.7 Å². The van der Waals surface area contributed by atoms with Crippen LogP contribution in [-0.4, -0.2) is 17.9 Å². The van der Waals surface area contributed by atoms with E-state index >= 15 is 0 Å². The van der Waals surface area contributed by atoms with Gasteiger partial charge in [-0.1, -0.05) is 0 Å². The van der Waals surface area contributed by atoms with E-state index in [9.17, 15) is 9.18 Å². The van der Waals surface area contributed by atoms with Gasteiger partial charge in [0.15, 0.2) is 0 Å². The molecule has 1 heterocycles. The van der Waals surface area contributed by atoms with Crippen molar-refractivity contribution in [2.24, 2.45) is 0 Å². The van der Waals surface area contributed by atoms with Crippen molar-refractivity contribution in [2.75, 3.05) is 7.11 Å². The Morgan fingerprint density at radius 2 is 1.95 bits per heavy atom. The van der Waals surface area contributed by atoms with E-state index in [0.717, 1.165) is 23.1 Å². The minimum atomic E-state index is -0.459. The highest BCUT2D eigenvalue weighted by Gasteiger charge is 2.15. The Hall–Kier alpha value is -2.23. The number of hydrogen-bond acceptors (Lipinski definition) is 3. The number of aromatic nitrogens is 1. The Labute approximate surface area is 111 Å². The zero-order chi connectivity index (χ0) is 14.0. The number of benzene rings is 1. The van der Waals surface area contributed by atoms with Crippen molar-refractivity contribution in [1.82, 2.24) is 4.98 Å². The van der Waals surface area contributed by atoms with Gasteiger partial charge in [-0.25, -0.2) is 9.37 Å². The van der Waals surface area contributed by atoms with Crippen LogP contribution in [0, 0.1) is 19.7 Å². The van der Waals surface area contributed by atoms with Crippen molar-refractivity contribution < 1.29 is 13.9 Å². The third kappa shape index (κ3) is 2.62. The lowest BCUT2D eigenvalue weighted by Crippen LogP contribution is -2.07. The van der Waals surface area contributed by atoms with Gasteiger partial charge in [-0.15, -0.1) is 0 Å². The van der Waals surface area contributed by atoms with Crippen LogP contribution < -0.4 is 4.74 Å². The average molecular weight is 259 g/mol. The molecule has 0 aliphatic rings. The van der Waals surface area contributed by atoms with Gasteiger partial charge in [0, 0.05) is 5.56 Å². The highest BCUT2D eigenvalue weighted by Crippen LogP contribution is 2.24. The molecule has 0 unspecified atom stereocenters. The number of carbonyl (C=O) groups is 1. The fourth-order valence-corrected chi connectivity index (χ4v) is 1.90. The maximum Gasteiger partial charge on any atom is 0.211 e. The van der Waals surface area contributed by atoms with E-state index in [1.165, 1.54) is 12.1 Å². The van der Waals surface area contributed by atoms with E-state index < -0.39 is 5.82 Å². The monoisotopic (exact) mass is 259 g/mol. The molecule has 98 valence electrons. The summed E-state index contributed by atoms with van der Waals surface area (Å²) in [5, 5.41) is 0. The predicted octanol–water partition coefficient (Wildman–Crippen LogP) is 3.08. The molecule has 0 N–H and O–H groups in total. The van der Waals surface area contributed by atoms with Crippen LogP contribution in [0.15, 0.2) is 30.5 Å². The van der Waals surface area contributed by atoms with Crippen LogP contribution in [0.3, 0.4) is 0 Å². The number of halogens is 1. The van der Waals surface area contributed by atoms with Crippen molar-refractivity contribution in [1.29, 1.82) is 0 Å². The van der Waals surface area contributed by atoms with Gasteiger partial charge in [-0.3, -0.25) is 4.79 Å². The average Bonchev–Trinajstić information content (AvgIpc) is 2.41. The molecule has 0 saturated carbocycles. The number of hydrogen-bond donors (Lipinski definition) is 0. The highest BCUT2D eigenvalue weighted by atomic mass is 19.1. The zero-order valence-corrected chi connectivity index (χ0v) is 11.0. The molecule has 1 aromatic carbocycles. The Morgan fingerprint density at radius 3 is 2.53 bits per heavy atom. The molecular formula is C15H14FNO2. The summed E-state index contributed by atoms with van der Waals surface area (Å²) in [5.74, 6) is 0.0588. The summed E-state index contributed by atoms with van der Waals surface area (Å²) in [5.41, 5.74) is 2.46. The van der Waals surface area contributed by atoms with E-state index in [1.54, 1.807) is 13.2 Å². The summed E-state index contributed by atoms with van der Waals surface area (Å²) >= 11 is 0. The van der Waals surface area contributed by atoms with Crippen molar-refractivity contribution in [3.63, 3.8) is 0 Å². The molecular weight excluding hydrogens is 245 g/mol. The molecule has 0 bridgehead atoms. The van der Waals surface area contributed by atoms with E-state index in [0.29, 0.717) is 5.56 Å². The number of rotatable bonds is 3. The maximum atomic E-state index is 12.8. The molecule has 0 atom stereocenters. The van der Waals surface area contributed by atoms with Gasteiger partial charge < -0.3 is 4.74 Å². The first-order valence-corrected chi connectivity index (χ1v) is 5.84. The largest absolute Gasteiger partial charge is 0.496 e. The van der Waals surface area contributed by atoms with Crippen LogP contribution in [0.4, 0.5) is 4.39 Å². The lowest BCUT2D eigenvalue weighted by molar-refractivity contribution is 0.103. The standard InChI is InChI=1S/C15H14FNO2/c1-9-7-14(19-3)10(2)6-12(9)15(18)13-5-4-11(16)8-17-13/h4-8H,1-3H3. The van der Waals surface area contributed by atoms with Gasteiger partial charge >= 0.3 is 0 Å². The topological polar surface area (TPSA) is 39.2 Å². The van der Waals surface area contributed by atoms with Crippen molar-refractivity contribution >= 4 is 5.78 Å². The minimum Gasteiger partial charge on any atom is -0.496 e. The summed E-state index contributed by atoms with van der Waals surface area (Å²) in [7, 11) is 1.59. The number of ketones is 1. The Bertz CT molecular complexity index is 621. The lowest BCUT2D eigenvalue weighted by Gasteiger charge is -2.10. The number of methoxy groups -OCH3 is 1. The molecule has 0 fully saturated rings. The van der Waals surface area contributed by atoms with Crippen molar-refractivity contribution in [2.45, 2.75) is 13.8 Å². The summed E-state index contributed by atoms with van der Waals surface area (Å²) in [6, 6.07) is 6.19. The molecule has 0 aliphatic carbocycles. The van der Waals surface area contributed by atoms with Crippen LogP contribution >= 0.6 is 0 Å². The smallest absolute Gasteiger partial charge is 0.211 e. The molecule has 0 radical (unpaired) electrons. The van der Waals surface area contributed by atoms with Crippen LogP contribution in [0.5, 0.6) is 5.75 Å². The maximum absolute atomic E-state index is 12.8. The molecule has 19 heavy (non-hydrogen) atoms. The molecule has 0 spiro atoms. The second-order valence-electron chi connectivity index (χ2n) is 4.33. The second-order valence-corrected chi connectivity index (χ2v) is 4.33. The van der Waals surface area contributed by atoms with Gasteiger partial charge in [-0.2, -0.15) is 0 Å². The van der Waals surface area contributed by atoms with Gasteiger partial charge in [-0.05, 0) is 49.2 Å². The molecule has 2 aromatic rings. The van der Waals surface area contributed by atoms with Crippen molar-refractivity contribution in [3.8, 4) is 5.75 Å². The Morgan fingerprint density at radius 1 is 1.21 bits per heavy atom. The lowest BCUT2D eigenvalue weighted by atomic mass is 9.99. The normalized spacial score (nSPS) is 10.3. The first-order valence-electron chi connectivity index (χ1n) is 5.84. The summed E-state index contributed by atoms with van der Waals surface area (Å²) in [6.45, 7) is 3.70. The Kier molecular flexibility index (Phi) is 3.60. The number of aryl methyl sites for hydroxylation is 2. The number of nitrogens with zero attached hydrogens (tertiary/aromatic N) is 1. The first kappa shape index (κ1) is 13.2. The molecule has 1 aromatic heterocycles. The van der Waals surface area contributed by atoms with E-state index in [2.05, 4.69) is 4.98 Å². The fraction of sp³-hybridized carbons (Fsp3) is 0.200. The number of carbonyl (C=O) groups excluding carboxylic acids is 1. The number of pyridine rings is 1. The zero-order valence-electron chi connectivity index (χ0n) is 11.0. The number of ether oxygens (including phenoxy) is 1. The predicted molar refractivity (Wildman–Crippen MR) is 70.1 cm³/mol. The Balaban J connectivity index is 2.44. The van der Waals surface area contributed by atoms with Gasteiger partial charge in [0.1, 0.15) is 17.3 Å². The molecule has 0 saturated heterocycles. The highest BCUT2D eigenvalue weighted by molar-refractivity contribution is 6.08. The summed E-state index contributed by atoms with van der Waals surface area (Å²) < 4.78 is 18.0. The van der Waals surface area contributed by atoms with Gasteiger partial charge in [0.05, 0.1) is 13.3 Å². The van der Waals surface area contributed by atoms with Crippen LogP contribution in [-0.2, 0) is 0 Å².